The fourth-order valence-electron chi connectivity index (χ4n) is 3.79. The lowest BCUT2D eigenvalue weighted by Gasteiger charge is -2.26. The van der Waals surface area contributed by atoms with Crippen LogP contribution < -0.4 is 16.0 Å². The minimum atomic E-state index is -0.614. The molecule has 0 atom stereocenters. The highest BCUT2D eigenvalue weighted by molar-refractivity contribution is 7.21. The molecule has 192 valence electrons. The zero-order valence-corrected chi connectivity index (χ0v) is 20.7. The first-order valence-electron chi connectivity index (χ1n) is 11.8. The number of halogens is 2. The Morgan fingerprint density at radius 3 is 2.68 bits per heavy atom. The van der Waals surface area contributed by atoms with Gasteiger partial charge < -0.3 is 20.7 Å². The molecule has 1 aliphatic rings. The number of thiazole rings is 1. The highest BCUT2D eigenvalue weighted by atomic mass is 32.1. The number of aromatic nitrogens is 3. The molecular formula is C25H25F2N7O2S. The smallest absolute Gasteiger partial charge is 0.252 e. The van der Waals surface area contributed by atoms with Crippen molar-refractivity contribution in [3.8, 4) is 0 Å². The molecule has 0 saturated carbocycles. The summed E-state index contributed by atoms with van der Waals surface area (Å²) in [6.07, 6.45) is 1.52. The maximum atomic E-state index is 13.9. The van der Waals surface area contributed by atoms with Gasteiger partial charge in [0.05, 0.1) is 18.8 Å². The molecule has 9 nitrogen and oxygen atoms in total. The van der Waals surface area contributed by atoms with Gasteiger partial charge in [-0.05, 0) is 30.3 Å². The Kier molecular flexibility index (Phi) is 7.78. The minimum absolute atomic E-state index is 0.169. The standard InChI is InChI=1S/C25H25F2N7O2S/c26-18-3-1-16(19(27)13-18)14-29-21-6-4-20-24(32-21)37-25(31-20)33-22-5-2-17(15-30-22)23(35)28-7-8-34-9-11-36-12-10-34/h1-6,13,15H,7-12,14H2,(H,28,35)(H,29,32)(H,30,31,33). The molecule has 4 aromatic rings. The number of carbonyl (C=O) groups is 1. The summed E-state index contributed by atoms with van der Waals surface area (Å²) in [5.41, 5.74) is 1.52. The predicted octanol–water partition coefficient (Wildman–Crippen LogP) is 3.78. The van der Waals surface area contributed by atoms with Gasteiger partial charge in [-0.1, -0.05) is 17.4 Å². The van der Waals surface area contributed by atoms with Crippen molar-refractivity contribution in [2.75, 3.05) is 50.0 Å². The monoisotopic (exact) mass is 525 g/mol. The molecule has 1 fully saturated rings. The van der Waals surface area contributed by atoms with Crippen molar-refractivity contribution < 1.29 is 18.3 Å². The number of nitrogens with zero attached hydrogens (tertiary/aromatic N) is 4. The molecule has 3 aromatic heterocycles. The van der Waals surface area contributed by atoms with Crippen molar-refractivity contribution in [2.45, 2.75) is 6.54 Å². The Bertz CT molecular complexity index is 1380. The number of anilines is 3. The van der Waals surface area contributed by atoms with Crippen LogP contribution in [0, 0.1) is 11.6 Å². The van der Waals surface area contributed by atoms with E-state index >= 15 is 0 Å². The second kappa shape index (κ2) is 11.5. The van der Waals surface area contributed by atoms with Gasteiger partial charge in [0.25, 0.3) is 5.91 Å². The van der Waals surface area contributed by atoms with Crippen LogP contribution in [0.15, 0.2) is 48.7 Å². The average molecular weight is 526 g/mol. The van der Waals surface area contributed by atoms with Crippen LogP contribution in [0.25, 0.3) is 10.3 Å². The van der Waals surface area contributed by atoms with Crippen molar-refractivity contribution in [3.63, 3.8) is 0 Å². The van der Waals surface area contributed by atoms with Crippen LogP contribution in [-0.2, 0) is 11.3 Å². The number of hydrogen-bond donors (Lipinski definition) is 3. The van der Waals surface area contributed by atoms with E-state index in [9.17, 15) is 13.6 Å². The highest BCUT2D eigenvalue weighted by Gasteiger charge is 2.12. The summed E-state index contributed by atoms with van der Waals surface area (Å²) in [6.45, 7) is 4.74. The Morgan fingerprint density at radius 1 is 1.05 bits per heavy atom. The highest BCUT2D eigenvalue weighted by Crippen LogP contribution is 2.27. The normalized spacial score (nSPS) is 14.0. The number of pyridine rings is 2. The third-order valence-electron chi connectivity index (χ3n) is 5.81. The molecular weight excluding hydrogens is 500 g/mol. The van der Waals surface area contributed by atoms with Gasteiger partial charge in [-0.3, -0.25) is 9.69 Å². The number of ether oxygens (including phenoxy) is 1. The minimum Gasteiger partial charge on any atom is -0.379 e. The van der Waals surface area contributed by atoms with Crippen LogP contribution in [-0.4, -0.2) is 65.2 Å². The summed E-state index contributed by atoms with van der Waals surface area (Å²) in [4.78, 5) is 28.7. The van der Waals surface area contributed by atoms with E-state index in [0.717, 1.165) is 38.9 Å². The van der Waals surface area contributed by atoms with Gasteiger partial charge in [0.1, 0.15) is 33.6 Å². The first-order valence-corrected chi connectivity index (χ1v) is 12.6. The summed E-state index contributed by atoms with van der Waals surface area (Å²) in [7, 11) is 0. The van der Waals surface area contributed by atoms with Crippen molar-refractivity contribution in [1.82, 2.24) is 25.2 Å². The first-order chi connectivity index (χ1) is 18.0. The van der Waals surface area contributed by atoms with Crippen LogP contribution in [0.1, 0.15) is 15.9 Å². The van der Waals surface area contributed by atoms with Crippen LogP contribution in [0.2, 0.25) is 0 Å². The summed E-state index contributed by atoms with van der Waals surface area (Å²) in [5, 5.41) is 9.70. The van der Waals surface area contributed by atoms with Gasteiger partial charge >= 0.3 is 0 Å². The van der Waals surface area contributed by atoms with Gasteiger partial charge in [0.15, 0.2) is 5.13 Å². The molecule has 12 heteroatoms. The number of nitrogens with one attached hydrogen (secondary N) is 3. The Morgan fingerprint density at radius 2 is 1.89 bits per heavy atom. The predicted molar refractivity (Wildman–Crippen MR) is 138 cm³/mol. The van der Waals surface area contributed by atoms with Crippen molar-refractivity contribution in [2.24, 2.45) is 0 Å². The van der Waals surface area contributed by atoms with Gasteiger partial charge in [-0.2, -0.15) is 0 Å². The van der Waals surface area contributed by atoms with Gasteiger partial charge in [-0.15, -0.1) is 0 Å². The largest absolute Gasteiger partial charge is 0.379 e. The molecule has 0 unspecified atom stereocenters. The van der Waals surface area contributed by atoms with Crippen molar-refractivity contribution in [1.29, 1.82) is 0 Å². The lowest BCUT2D eigenvalue weighted by atomic mass is 10.2. The molecule has 4 heterocycles. The van der Waals surface area contributed by atoms with Gasteiger partial charge in [-0.25, -0.2) is 23.7 Å². The summed E-state index contributed by atoms with van der Waals surface area (Å²) < 4.78 is 32.3. The van der Waals surface area contributed by atoms with Crippen LogP contribution >= 0.6 is 11.3 Å². The molecule has 1 aliphatic heterocycles. The maximum Gasteiger partial charge on any atom is 0.252 e. The topological polar surface area (TPSA) is 104 Å². The molecule has 1 amide bonds. The lowest BCUT2D eigenvalue weighted by Crippen LogP contribution is -2.41. The van der Waals surface area contributed by atoms with Crippen molar-refractivity contribution in [3.05, 3.63) is 71.4 Å². The molecule has 5 rings (SSSR count). The first kappa shape index (κ1) is 24.9. The van der Waals surface area contributed by atoms with Gasteiger partial charge in [0, 0.05) is 50.6 Å². The Balaban J connectivity index is 1.15. The van der Waals surface area contributed by atoms with Crippen molar-refractivity contribution >= 4 is 44.4 Å². The number of rotatable bonds is 9. The zero-order chi connectivity index (χ0) is 25.6. The lowest BCUT2D eigenvalue weighted by molar-refractivity contribution is 0.0383. The quantitative estimate of drug-likeness (QED) is 0.303. The Hall–Kier alpha value is -3.74. The third kappa shape index (κ3) is 6.53. The number of carbonyl (C=O) groups excluding carboxylic acids is 1. The number of amides is 1. The molecule has 0 spiro atoms. The molecule has 0 radical (unpaired) electrons. The summed E-state index contributed by atoms with van der Waals surface area (Å²) in [6, 6.07) is 10.5. The van der Waals surface area contributed by atoms with E-state index in [4.69, 9.17) is 4.74 Å². The molecule has 3 N–H and O–H groups in total. The summed E-state index contributed by atoms with van der Waals surface area (Å²) in [5.74, 6) is -0.293. The van der Waals surface area contributed by atoms with Crippen LogP contribution in [0.3, 0.4) is 0 Å². The molecule has 1 aromatic carbocycles. The van der Waals surface area contributed by atoms with E-state index in [0.29, 0.717) is 44.8 Å². The summed E-state index contributed by atoms with van der Waals surface area (Å²) >= 11 is 1.34. The molecule has 0 aliphatic carbocycles. The molecule has 1 saturated heterocycles. The molecule has 37 heavy (non-hydrogen) atoms. The number of morpholine rings is 1. The number of fused-ring (bicyclic) bond motifs is 1. The van der Waals surface area contributed by atoms with E-state index in [1.165, 1.54) is 29.7 Å². The number of hydrogen-bond acceptors (Lipinski definition) is 9. The van der Waals surface area contributed by atoms with Crippen LogP contribution in [0.4, 0.5) is 25.5 Å². The number of benzene rings is 1. The Labute approximate surface area is 215 Å². The maximum absolute atomic E-state index is 13.9. The van der Waals surface area contributed by atoms with E-state index in [1.54, 1.807) is 18.2 Å². The van der Waals surface area contributed by atoms with E-state index in [-0.39, 0.29) is 12.5 Å². The average Bonchev–Trinajstić information content (AvgIpc) is 3.30. The van der Waals surface area contributed by atoms with E-state index in [1.807, 2.05) is 6.07 Å². The van der Waals surface area contributed by atoms with Crippen LogP contribution in [0.5, 0.6) is 0 Å². The van der Waals surface area contributed by atoms with E-state index < -0.39 is 11.6 Å². The SMILES string of the molecule is O=C(NCCN1CCOCC1)c1ccc(Nc2nc3ccc(NCc4ccc(F)cc4F)nc3s2)nc1. The second-order valence-electron chi connectivity index (χ2n) is 8.40. The van der Waals surface area contributed by atoms with E-state index in [2.05, 4.69) is 35.8 Å². The zero-order valence-electron chi connectivity index (χ0n) is 19.8. The second-order valence-corrected chi connectivity index (χ2v) is 9.37. The molecule has 0 bridgehead atoms. The fraction of sp³-hybridized carbons (Fsp3) is 0.280. The third-order valence-corrected chi connectivity index (χ3v) is 6.69. The van der Waals surface area contributed by atoms with Gasteiger partial charge in [0.2, 0.25) is 0 Å². The fourth-order valence-corrected chi connectivity index (χ4v) is 4.63.